The van der Waals surface area contributed by atoms with Gasteiger partial charge in [0.15, 0.2) is 0 Å². The van der Waals surface area contributed by atoms with Crippen LogP contribution >= 0.6 is 0 Å². The number of hydrogen-bond acceptors (Lipinski definition) is 5. The topological polar surface area (TPSA) is 118 Å². The van der Waals surface area contributed by atoms with Crippen molar-refractivity contribution in [3.63, 3.8) is 0 Å². The third-order valence-electron chi connectivity index (χ3n) is 3.42. The fraction of sp³-hybridized carbons (Fsp3) is 0.500. The second kappa shape index (κ2) is 5.36. The van der Waals surface area contributed by atoms with E-state index in [1.54, 1.807) is 12.1 Å². The Kier molecular flexibility index (Phi) is 3.98. The summed E-state index contributed by atoms with van der Waals surface area (Å²) in [6.07, 6.45) is 3.59. The number of anilines is 2. The molecular formula is C12H19N3O3S. The van der Waals surface area contributed by atoms with E-state index >= 15 is 0 Å². The summed E-state index contributed by atoms with van der Waals surface area (Å²) >= 11 is 0. The predicted octanol–water partition coefficient (Wildman–Crippen LogP) is 1.20. The number of hydrogen-bond donors (Lipinski definition) is 4. The van der Waals surface area contributed by atoms with E-state index in [1.165, 1.54) is 6.07 Å². The van der Waals surface area contributed by atoms with Crippen LogP contribution in [-0.4, -0.2) is 25.1 Å². The van der Waals surface area contributed by atoms with Gasteiger partial charge < -0.3 is 16.8 Å². The number of benzene rings is 1. The molecular weight excluding hydrogens is 266 g/mol. The highest BCUT2D eigenvalue weighted by Gasteiger charge is 2.22. The zero-order valence-electron chi connectivity index (χ0n) is 10.5. The molecule has 1 aliphatic rings. The Bertz CT molecular complexity index is 551. The minimum atomic E-state index is -4.28. The van der Waals surface area contributed by atoms with Gasteiger partial charge in [0.05, 0.1) is 5.69 Å². The molecule has 19 heavy (non-hydrogen) atoms. The van der Waals surface area contributed by atoms with E-state index < -0.39 is 10.1 Å². The molecule has 0 bridgehead atoms. The minimum Gasteiger partial charge on any atom is -0.399 e. The smallest absolute Gasteiger partial charge is 0.296 e. The highest BCUT2D eigenvalue weighted by atomic mass is 32.2. The fourth-order valence-electron chi connectivity index (χ4n) is 2.36. The van der Waals surface area contributed by atoms with E-state index in [-0.39, 0.29) is 17.0 Å². The number of nitrogens with one attached hydrogen (secondary N) is 1. The molecule has 0 atom stereocenters. The van der Waals surface area contributed by atoms with Crippen molar-refractivity contribution in [2.24, 2.45) is 5.73 Å². The van der Waals surface area contributed by atoms with Crippen LogP contribution < -0.4 is 16.8 Å². The molecule has 1 aromatic carbocycles. The lowest BCUT2D eigenvalue weighted by Gasteiger charge is -2.28. The predicted molar refractivity (Wildman–Crippen MR) is 74.5 cm³/mol. The third kappa shape index (κ3) is 3.59. The van der Waals surface area contributed by atoms with Gasteiger partial charge in [-0.2, -0.15) is 8.42 Å². The van der Waals surface area contributed by atoms with Crippen molar-refractivity contribution in [3.05, 3.63) is 18.2 Å². The second-order valence-corrected chi connectivity index (χ2v) is 6.38. The highest BCUT2D eigenvalue weighted by Crippen LogP contribution is 2.27. The zero-order chi connectivity index (χ0) is 14.0. The van der Waals surface area contributed by atoms with Crippen LogP contribution in [0.25, 0.3) is 0 Å². The molecule has 0 amide bonds. The van der Waals surface area contributed by atoms with Crippen molar-refractivity contribution in [2.45, 2.75) is 42.7 Å². The molecule has 0 spiro atoms. The standard InChI is InChI=1S/C12H19N3O3S/c13-8-1-4-10(5-2-8)15-11-6-3-9(14)7-12(11)19(16,17)18/h3,6-8,10,15H,1-2,4-5,13-14H2,(H,16,17,18). The fourth-order valence-corrected chi connectivity index (χ4v) is 3.04. The number of nitrogens with two attached hydrogens (primary N) is 2. The van der Waals surface area contributed by atoms with Crippen LogP contribution in [0.15, 0.2) is 23.1 Å². The Morgan fingerprint density at radius 2 is 1.84 bits per heavy atom. The maximum absolute atomic E-state index is 11.3. The molecule has 1 saturated carbocycles. The average molecular weight is 285 g/mol. The summed E-state index contributed by atoms with van der Waals surface area (Å²) in [6, 6.07) is 4.83. The van der Waals surface area contributed by atoms with Gasteiger partial charge in [0.25, 0.3) is 10.1 Å². The van der Waals surface area contributed by atoms with Gasteiger partial charge in [-0.05, 0) is 43.9 Å². The van der Waals surface area contributed by atoms with E-state index in [0.717, 1.165) is 25.7 Å². The molecule has 106 valence electrons. The van der Waals surface area contributed by atoms with Crippen molar-refractivity contribution in [2.75, 3.05) is 11.1 Å². The summed E-state index contributed by atoms with van der Waals surface area (Å²) in [4.78, 5) is -0.178. The molecule has 6 nitrogen and oxygen atoms in total. The van der Waals surface area contributed by atoms with Crippen molar-refractivity contribution < 1.29 is 13.0 Å². The number of nitrogen functional groups attached to an aromatic ring is 1. The summed E-state index contributed by atoms with van der Waals surface area (Å²) in [5, 5.41) is 3.15. The van der Waals surface area contributed by atoms with Gasteiger partial charge in [0, 0.05) is 17.8 Å². The van der Waals surface area contributed by atoms with E-state index in [4.69, 9.17) is 11.5 Å². The molecule has 0 unspecified atom stereocenters. The van der Waals surface area contributed by atoms with Gasteiger partial charge in [-0.3, -0.25) is 4.55 Å². The van der Waals surface area contributed by atoms with E-state index in [1.807, 2.05) is 0 Å². The van der Waals surface area contributed by atoms with Crippen molar-refractivity contribution in [1.29, 1.82) is 0 Å². The van der Waals surface area contributed by atoms with Crippen molar-refractivity contribution >= 4 is 21.5 Å². The zero-order valence-corrected chi connectivity index (χ0v) is 11.4. The van der Waals surface area contributed by atoms with Crippen molar-refractivity contribution in [1.82, 2.24) is 0 Å². The monoisotopic (exact) mass is 285 g/mol. The van der Waals surface area contributed by atoms with Crippen LogP contribution in [0.4, 0.5) is 11.4 Å². The van der Waals surface area contributed by atoms with Crippen LogP contribution in [0.5, 0.6) is 0 Å². The Labute approximate surface area is 112 Å². The van der Waals surface area contributed by atoms with Gasteiger partial charge in [-0.1, -0.05) is 0 Å². The normalized spacial score (nSPS) is 24.1. The molecule has 0 aromatic heterocycles. The van der Waals surface area contributed by atoms with Gasteiger partial charge in [-0.25, -0.2) is 0 Å². The largest absolute Gasteiger partial charge is 0.399 e. The van der Waals surface area contributed by atoms with E-state index in [0.29, 0.717) is 11.4 Å². The van der Waals surface area contributed by atoms with E-state index in [9.17, 15) is 13.0 Å². The first-order valence-electron chi connectivity index (χ1n) is 6.25. The van der Waals surface area contributed by atoms with Crippen LogP contribution in [-0.2, 0) is 10.1 Å². The molecule has 1 fully saturated rings. The molecule has 0 aliphatic heterocycles. The molecule has 0 heterocycles. The SMILES string of the molecule is Nc1ccc(NC2CCC(N)CC2)c(S(=O)(=O)O)c1. The van der Waals surface area contributed by atoms with Crippen molar-refractivity contribution in [3.8, 4) is 0 Å². The molecule has 0 saturated heterocycles. The maximum Gasteiger partial charge on any atom is 0.296 e. The minimum absolute atomic E-state index is 0.170. The molecule has 2 rings (SSSR count). The Balaban J connectivity index is 2.21. The lowest BCUT2D eigenvalue weighted by molar-refractivity contribution is 0.410. The Morgan fingerprint density at radius 1 is 1.21 bits per heavy atom. The summed E-state index contributed by atoms with van der Waals surface area (Å²) in [5.41, 5.74) is 12.1. The number of rotatable bonds is 3. The summed E-state index contributed by atoms with van der Waals surface area (Å²) in [6.45, 7) is 0. The summed E-state index contributed by atoms with van der Waals surface area (Å²) in [7, 11) is -4.28. The van der Waals surface area contributed by atoms with E-state index in [2.05, 4.69) is 5.32 Å². The Morgan fingerprint density at radius 3 is 2.42 bits per heavy atom. The maximum atomic E-state index is 11.3. The van der Waals surface area contributed by atoms with Gasteiger partial charge in [-0.15, -0.1) is 0 Å². The second-order valence-electron chi connectivity index (χ2n) is 4.99. The third-order valence-corrected chi connectivity index (χ3v) is 4.31. The quantitative estimate of drug-likeness (QED) is 0.489. The van der Waals surface area contributed by atoms with Crippen LogP contribution in [0, 0.1) is 0 Å². The Hall–Kier alpha value is -1.31. The average Bonchev–Trinajstić information content (AvgIpc) is 2.33. The van der Waals surface area contributed by atoms with Gasteiger partial charge in [0.2, 0.25) is 0 Å². The van der Waals surface area contributed by atoms with Crippen LogP contribution in [0.1, 0.15) is 25.7 Å². The summed E-state index contributed by atoms with van der Waals surface area (Å²) in [5.74, 6) is 0. The van der Waals surface area contributed by atoms with Crippen LogP contribution in [0.2, 0.25) is 0 Å². The lowest BCUT2D eigenvalue weighted by Crippen LogP contribution is -2.33. The molecule has 1 aliphatic carbocycles. The van der Waals surface area contributed by atoms with Gasteiger partial charge in [0.1, 0.15) is 4.90 Å². The lowest BCUT2D eigenvalue weighted by atomic mass is 9.91. The first kappa shape index (κ1) is 14.1. The first-order valence-corrected chi connectivity index (χ1v) is 7.69. The molecule has 7 heteroatoms. The summed E-state index contributed by atoms with van der Waals surface area (Å²) < 4.78 is 31.9. The van der Waals surface area contributed by atoms with Crippen LogP contribution in [0.3, 0.4) is 0 Å². The molecule has 6 N–H and O–H groups in total. The highest BCUT2D eigenvalue weighted by molar-refractivity contribution is 7.86. The molecule has 0 radical (unpaired) electrons. The van der Waals surface area contributed by atoms with Gasteiger partial charge >= 0.3 is 0 Å². The first-order chi connectivity index (χ1) is 8.86. The molecule has 1 aromatic rings.